The molecule has 0 bridgehead atoms. The summed E-state index contributed by atoms with van der Waals surface area (Å²) >= 11 is 0. The largest absolute Gasteiger partial charge is 0.462 e. The maximum Gasteiger partial charge on any atom is 0.308 e. The summed E-state index contributed by atoms with van der Waals surface area (Å²) in [6, 6.07) is 0. The van der Waals surface area contributed by atoms with Crippen LogP contribution in [0.1, 0.15) is 39.5 Å². The fourth-order valence-corrected chi connectivity index (χ4v) is 1.33. The molecule has 1 aliphatic carbocycles. The Kier molecular flexibility index (Phi) is 3.46. The standard InChI is InChI=1S/C10H16O3/c1-3-7(2)10(12)13-9-5-4-8(11)6-9/h7,9H,3-6H2,1-2H3. The van der Waals surface area contributed by atoms with Crippen LogP contribution in [-0.4, -0.2) is 17.9 Å². The minimum absolute atomic E-state index is 0.0456. The van der Waals surface area contributed by atoms with Gasteiger partial charge in [0.25, 0.3) is 0 Å². The van der Waals surface area contributed by atoms with Crippen LogP contribution in [0.2, 0.25) is 0 Å². The molecule has 0 aliphatic heterocycles. The molecule has 0 aromatic carbocycles. The summed E-state index contributed by atoms with van der Waals surface area (Å²) in [5.41, 5.74) is 0. The van der Waals surface area contributed by atoms with Gasteiger partial charge in [0.15, 0.2) is 0 Å². The lowest BCUT2D eigenvalue weighted by Crippen LogP contribution is -2.20. The van der Waals surface area contributed by atoms with Crippen molar-refractivity contribution < 1.29 is 14.3 Å². The zero-order chi connectivity index (χ0) is 9.84. The molecule has 2 unspecified atom stereocenters. The van der Waals surface area contributed by atoms with Gasteiger partial charge in [0, 0.05) is 12.8 Å². The van der Waals surface area contributed by atoms with Gasteiger partial charge in [-0.3, -0.25) is 9.59 Å². The summed E-state index contributed by atoms with van der Waals surface area (Å²) in [5.74, 6) is -0.000136. The van der Waals surface area contributed by atoms with E-state index in [9.17, 15) is 9.59 Å². The highest BCUT2D eigenvalue weighted by molar-refractivity contribution is 5.82. The van der Waals surface area contributed by atoms with Crippen molar-refractivity contribution in [2.75, 3.05) is 0 Å². The van der Waals surface area contributed by atoms with Crippen molar-refractivity contribution in [3.63, 3.8) is 0 Å². The molecule has 1 fully saturated rings. The molecule has 1 saturated carbocycles. The first-order valence-corrected chi connectivity index (χ1v) is 4.85. The van der Waals surface area contributed by atoms with Crippen LogP contribution in [0.5, 0.6) is 0 Å². The first kappa shape index (κ1) is 10.2. The maximum atomic E-state index is 11.3. The zero-order valence-electron chi connectivity index (χ0n) is 8.21. The van der Waals surface area contributed by atoms with E-state index in [-0.39, 0.29) is 23.8 Å². The Bertz CT molecular complexity index is 210. The molecule has 3 nitrogen and oxygen atoms in total. The van der Waals surface area contributed by atoms with Crippen LogP contribution < -0.4 is 0 Å². The maximum absolute atomic E-state index is 11.3. The van der Waals surface area contributed by atoms with E-state index in [0.717, 1.165) is 6.42 Å². The van der Waals surface area contributed by atoms with Crippen LogP contribution in [-0.2, 0) is 14.3 Å². The number of esters is 1. The molecule has 0 N–H and O–H groups in total. The van der Waals surface area contributed by atoms with Gasteiger partial charge in [0.05, 0.1) is 5.92 Å². The highest BCUT2D eigenvalue weighted by atomic mass is 16.5. The predicted molar refractivity (Wildman–Crippen MR) is 48.2 cm³/mol. The number of hydrogen-bond acceptors (Lipinski definition) is 3. The predicted octanol–water partition coefficient (Wildman–Crippen LogP) is 1.70. The van der Waals surface area contributed by atoms with Crippen LogP contribution in [0, 0.1) is 5.92 Å². The lowest BCUT2D eigenvalue weighted by molar-refractivity contribution is -0.153. The Hall–Kier alpha value is -0.860. The van der Waals surface area contributed by atoms with Gasteiger partial charge in [-0.1, -0.05) is 13.8 Å². The fourth-order valence-electron chi connectivity index (χ4n) is 1.33. The van der Waals surface area contributed by atoms with Crippen molar-refractivity contribution in [2.24, 2.45) is 5.92 Å². The smallest absolute Gasteiger partial charge is 0.308 e. The summed E-state index contributed by atoms with van der Waals surface area (Å²) in [4.78, 5) is 22.2. The molecule has 0 radical (unpaired) electrons. The Labute approximate surface area is 78.5 Å². The lowest BCUT2D eigenvalue weighted by Gasteiger charge is -2.13. The van der Waals surface area contributed by atoms with Crippen LogP contribution in [0.4, 0.5) is 0 Å². The van der Waals surface area contributed by atoms with E-state index in [1.807, 2.05) is 13.8 Å². The van der Waals surface area contributed by atoms with Gasteiger partial charge in [-0.25, -0.2) is 0 Å². The molecule has 74 valence electrons. The second-order valence-electron chi connectivity index (χ2n) is 3.65. The van der Waals surface area contributed by atoms with Gasteiger partial charge < -0.3 is 4.74 Å². The number of Topliss-reactive ketones (excluding diaryl/α,β-unsaturated/α-hetero) is 1. The third kappa shape index (κ3) is 2.83. The Balaban J connectivity index is 2.32. The van der Waals surface area contributed by atoms with Crippen LogP contribution >= 0.6 is 0 Å². The van der Waals surface area contributed by atoms with Crippen LogP contribution in [0.15, 0.2) is 0 Å². The van der Waals surface area contributed by atoms with Crippen LogP contribution in [0.3, 0.4) is 0 Å². The fraction of sp³-hybridized carbons (Fsp3) is 0.800. The molecule has 0 heterocycles. The van der Waals surface area contributed by atoms with E-state index < -0.39 is 0 Å². The normalized spacial score (nSPS) is 24.5. The Morgan fingerprint density at radius 3 is 2.85 bits per heavy atom. The highest BCUT2D eigenvalue weighted by Gasteiger charge is 2.26. The summed E-state index contributed by atoms with van der Waals surface area (Å²) in [6.07, 6.45) is 2.34. The SMILES string of the molecule is CCC(C)C(=O)OC1CCC(=O)C1. The van der Waals surface area contributed by atoms with Gasteiger partial charge in [-0.2, -0.15) is 0 Å². The number of rotatable bonds is 3. The number of carbonyl (C=O) groups excluding carboxylic acids is 2. The third-order valence-electron chi connectivity index (χ3n) is 2.50. The lowest BCUT2D eigenvalue weighted by atomic mass is 10.1. The van der Waals surface area contributed by atoms with Crippen molar-refractivity contribution in [3.05, 3.63) is 0 Å². The molecule has 0 aromatic heterocycles. The molecule has 0 amide bonds. The van der Waals surface area contributed by atoms with Crippen molar-refractivity contribution >= 4 is 11.8 Å². The molecule has 0 aromatic rings. The molecule has 0 saturated heterocycles. The third-order valence-corrected chi connectivity index (χ3v) is 2.50. The Morgan fingerprint density at radius 1 is 1.69 bits per heavy atom. The number of hydrogen-bond donors (Lipinski definition) is 0. The van der Waals surface area contributed by atoms with Crippen molar-refractivity contribution in [2.45, 2.75) is 45.6 Å². The molecular weight excluding hydrogens is 168 g/mol. The summed E-state index contributed by atoms with van der Waals surface area (Å²) in [7, 11) is 0. The van der Waals surface area contributed by atoms with Crippen molar-refractivity contribution in [3.8, 4) is 0 Å². The Morgan fingerprint density at radius 2 is 2.38 bits per heavy atom. The van der Waals surface area contributed by atoms with Crippen molar-refractivity contribution in [1.29, 1.82) is 0 Å². The van der Waals surface area contributed by atoms with E-state index in [4.69, 9.17) is 4.74 Å². The molecular formula is C10H16O3. The molecule has 1 rings (SSSR count). The number of ketones is 1. The monoisotopic (exact) mass is 184 g/mol. The number of carbonyl (C=O) groups is 2. The van der Waals surface area contributed by atoms with Gasteiger partial charge in [0.1, 0.15) is 11.9 Å². The summed E-state index contributed by atoms with van der Waals surface area (Å²) in [6.45, 7) is 3.80. The van der Waals surface area contributed by atoms with Gasteiger partial charge >= 0.3 is 5.97 Å². The minimum Gasteiger partial charge on any atom is -0.462 e. The van der Waals surface area contributed by atoms with E-state index in [1.165, 1.54) is 0 Å². The molecule has 13 heavy (non-hydrogen) atoms. The van der Waals surface area contributed by atoms with Gasteiger partial charge in [0.2, 0.25) is 0 Å². The van der Waals surface area contributed by atoms with E-state index in [2.05, 4.69) is 0 Å². The first-order valence-electron chi connectivity index (χ1n) is 4.85. The highest BCUT2D eigenvalue weighted by Crippen LogP contribution is 2.19. The zero-order valence-corrected chi connectivity index (χ0v) is 8.21. The summed E-state index contributed by atoms with van der Waals surface area (Å²) < 4.78 is 5.17. The average Bonchev–Trinajstić information content (AvgIpc) is 2.49. The molecule has 1 aliphatic rings. The molecule has 2 atom stereocenters. The summed E-state index contributed by atoms with van der Waals surface area (Å²) in [5, 5.41) is 0. The first-order chi connectivity index (χ1) is 6.13. The van der Waals surface area contributed by atoms with Crippen molar-refractivity contribution in [1.82, 2.24) is 0 Å². The van der Waals surface area contributed by atoms with Gasteiger partial charge in [-0.05, 0) is 12.8 Å². The minimum atomic E-state index is -0.165. The second-order valence-corrected chi connectivity index (χ2v) is 3.65. The van der Waals surface area contributed by atoms with Gasteiger partial charge in [-0.15, -0.1) is 0 Å². The quantitative estimate of drug-likeness (QED) is 0.627. The van der Waals surface area contributed by atoms with E-state index >= 15 is 0 Å². The molecule has 0 spiro atoms. The number of ether oxygens (including phenoxy) is 1. The van der Waals surface area contributed by atoms with E-state index in [0.29, 0.717) is 19.3 Å². The van der Waals surface area contributed by atoms with Crippen LogP contribution in [0.25, 0.3) is 0 Å². The molecule has 3 heteroatoms. The second kappa shape index (κ2) is 4.40. The average molecular weight is 184 g/mol. The van der Waals surface area contributed by atoms with E-state index in [1.54, 1.807) is 0 Å². The topological polar surface area (TPSA) is 43.4 Å².